The molecule has 1 aliphatic heterocycles. The van der Waals surface area contributed by atoms with Gasteiger partial charge in [0.25, 0.3) is 0 Å². The van der Waals surface area contributed by atoms with Crippen molar-refractivity contribution in [1.29, 1.82) is 0 Å². The van der Waals surface area contributed by atoms with Crippen LogP contribution in [0.2, 0.25) is 0 Å². The summed E-state index contributed by atoms with van der Waals surface area (Å²) in [6.07, 6.45) is 7.59. The molecular formula is C18H25N5O3S. The molecule has 1 aliphatic carbocycles. The average molecular weight is 391 g/mol. The Kier molecular flexibility index (Phi) is 4.46. The maximum atomic E-state index is 13.0. The van der Waals surface area contributed by atoms with E-state index in [0.717, 1.165) is 30.5 Å². The third-order valence-corrected chi connectivity index (χ3v) is 7.88. The third-order valence-electron chi connectivity index (χ3n) is 6.11. The number of hydrogen-bond donors (Lipinski definition) is 0. The van der Waals surface area contributed by atoms with Crippen molar-refractivity contribution >= 4 is 10.0 Å². The molecule has 2 aliphatic rings. The third kappa shape index (κ3) is 3.12. The molecule has 146 valence electrons. The predicted octanol–water partition coefficient (Wildman–Crippen LogP) is 1.70. The van der Waals surface area contributed by atoms with Gasteiger partial charge >= 0.3 is 0 Å². The van der Waals surface area contributed by atoms with Crippen molar-refractivity contribution in [2.24, 2.45) is 18.4 Å². The zero-order valence-electron chi connectivity index (χ0n) is 15.9. The molecule has 27 heavy (non-hydrogen) atoms. The van der Waals surface area contributed by atoms with Gasteiger partial charge in [0.15, 0.2) is 0 Å². The van der Waals surface area contributed by atoms with E-state index in [9.17, 15) is 8.42 Å². The van der Waals surface area contributed by atoms with Gasteiger partial charge in [0.2, 0.25) is 15.9 Å². The van der Waals surface area contributed by atoms with Gasteiger partial charge in [-0.05, 0) is 32.6 Å². The van der Waals surface area contributed by atoms with Crippen LogP contribution in [-0.2, 0) is 17.1 Å². The lowest BCUT2D eigenvalue weighted by molar-refractivity contribution is 0.129. The number of sulfonamides is 1. The molecule has 0 bridgehead atoms. The van der Waals surface area contributed by atoms with Gasteiger partial charge in [0, 0.05) is 43.0 Å². The zero-order chi connectivity index (χ0) is 19.2. The van der Waals surface area contributed by atoms with Crippen LogP contribution in [0.15, 0.2) is 23.6 Å². The van der Waals surface area contributed by atoms with E-state index in [1.54, 1.807) is 17.5 Å². The van der Waals surface area contributed by atoms with E-state index in [1.165, 1.54) is 17.2 Å². The molecule has 9 heteroatoms. The van der Waals surface area contributed by atoms with Gasteiger partial charge in [0.05, 0.1) is 12.8 Å². The van der Waals surface area contributed by atoms with Crippen LogP contribution < -0.4 is 4.74 Å². The second-order valence-corrected chi connectivity index (χ2v) is 9.71. The van der Waals surface area contributed by atoms with Gasteiger partial charge in [-0.3, -0.25) is 4.68 Å². The standard InChI is InChI=1S/C18H25N5O3S/c1-13-14(2)19-12-20-17(13)26-11-18-6-4-5-15(18)8-23(10-18)27(24,25)16-7-21-22(3)9-16/h7,9,12,15H,4-6,8,10-11H2,1-3H3. The first-order valence-corrected chi connectivity index (χ1v) is 10.7. The molecule has 2 unspecified atom stereocenters. The van der Waals surface area contributed by atoms with Crippen LogP contribution in [0.4, 0.5) is 0 Å². The molecule has 2 aromatic rings. The van der Waals surface area contributed by atoms with E-state index >= 15 is 0 Å². The first-order valence-electron chi connectivity index (χ1n) is 9.22. The number of nitrogens with zero attached hydrogens (tertiary/aromatic N) is 5. The summed E-state index contributed by atoms with van der Waals surface area (Å²) in [4.78, 5) is 8.68. The van der Waals surface area contributed by atoms with E-state index < -0.39 is 10.0 Å². The van der Waals surface area contributed by atoms with Crippen molar-refractivity contribution in [2.45, 2.75) is 38.0 Å². The topological polar surface area (TPSA) is 90.2 Å². The van der Waals surface area contributed by atoms with Gasteiger partial charge in [0.1, 0.15) is 11.2 Å². The molecule has 2 atom stereocenters. The van der Waals surface area contributed by atoms with Crippen LogP contribution in [-0.4, -0.2) is 52.2 Å². The Morgan fingerprint density at radius 2 is 2.15 bits per heavy atom. The Bertz CT molecular complexity index is 958. The largest absolute Gasteiger partial charge is 0.477 e. The summed E-state index contributed by atoms with van der Waals surface area (Å²) < 4.78 is 35.2. The predicted molar refractivity (Wildman–Crippen MR) is 98.7 cm³/mol. The van der Waals surface area contributed by atoms with E-state index in [2.05, 4.69) is 15.1 Å². The van der Waals surface area contributed by atoms with Crippen LogP contribution >= 0.6 is 0 Å². The van der Waals surface area contributed by atoms with Crippen molar-refractivity contribution in [1.82, 2.24) is 24.1 Å². The van der Waals surface area contributed by atoms with E-state index in [-0.39, 0.29) is 10.3 Å². The Hall–Kier alpha value is -2.00. The fourth-order valence-electron chi connectivity index (χ4n) is 4.34. The smallest absolute Gasteiger partial charge is 0.246 e. The van der Waals surface area contributed by atoms with Crippen LogP contribution in [0.1, 0.15) is 30.5 Å². The summed E-state index contributed by atoms with van der Waals surface area (Å²) in [6.45, 7) is 5.38. The second-order valence-electron chi connectivity index (χ2n) is 7.78. The summed E-state index contributed by atoms with van der Waals surface area (Å²) in [5.74, 6) is 0.906. The number of aromatic nitrogens is 4. The molecule has 3 heterocycles. The lowest BCUT2D eigenvalue weighted by atomic mass is 9.82. The first kappa shape index (κ1) is 18.4. The van der Waals surface area contributed by atoms with Crippen molar-refractivity contribution < 1.29 is 13.2 Å². The molecule has 1 saturated heterocycles. The molecule has 0 radical (unpaired) electrons. The van der Waals surface area contributed by atoms with Gasteiger partial charge in [-0.25, -0.2) is 18.4 Å². The van der Waals surface area contributed by atoms with Crippen LogP contribution in [0.25, 0.3) is 0 Å². The highest BCUT2D eigenvalue weighted by Crippen LogP contribution is 2.50. The SMILES string of the molecule is Cc1ncnc(OCC23CCCC2CN(S(=O)(=O)c2cnn(C)c2)C3)c1C. The fourth-order valence-corrected chi connectivity index (χ4v) is 5.91. The highest BCUT2D eigenvalue weighted by atomic mass is 32.2. The van der Waals surface area contributed by atoms with Crippen molar-refractivity contribution in [3.8, 4) is 5.88 Å². The normalized spacial score (nSPS) is 25.7. The average Bonchev–Trinajstić information content (AvgIpc) is 3.30. The zero-order valence-corrected chi connectivity index (χ0v) is 16.7. The quantitative estimate of drug-likeness (QED) is 0.771. The monoisotopic (exact) mass is 391 g/mol. The van der Waals surface area contributed by atoms with Crippen molar-refractivity contribution in [2.75, 3.05) is 19.7 Å². The summed E-state index contributed by atoms with van der Waals surface area (Å²) >= 11 is 0. The minimum atomic E-state index is -3.53. The molecule has 8 nitrogen and oxygen atoms in total. The molecule has 0 aromatic carbocycles. The van der Waals surface area contributed by atoms with Gasteiger partial charge in [-0.1, -0.05) is 6.42 Å². The summed E-state index contributed by atoms with van der Waals surface area (Å²) in [6, 6.07) is 0. The maximum Gasteiger partial charge on any atom is 0.246 e. The number of rotatable bonds is 5. The molecule has 0 spiro atoms. The Morgan fingerprint density at radius 1 is 1.33 bits per heavy atom. The molecule has 0 N–H and O–H groups in total. The minimum absolute atomic E-state index is 0.152. The summed E-state index contributed by atoms with van der Waals surface area (Å²) in [5, 5.41) is 4.01. The van der Waals surface area contributed by atoms with Gasteiger partial charge in [-0.15, -0.1) is 0 Å². The van der Waals surface area contributed by atoms with E-state index in [1.807, 2.05) is 13.8 Å². The first-order chi connectivity index (χ1) is 12.8. The highest BCUT2D eigenvalue weighted by Gasteiger charge is 2.53. The van der Waals surface area contributed by atoms with Crippen molar-refractivity contribution in [3.63, 3.8) is 0 Å². The Balaban J connectivity index is 1.54. The van der Waals surface area contributed by atoms with Gasteiger partial charge < -0.3 is 4.74 Å². The van der Waals surface area contributed by atoms with Gasteiger partial charge in [-0.2, -0.15) is 9.40 Å². The van der Waals surface area contributed by atoms with Crippen LogP contribution in [0.3, 0.4) is 0 Å². The van der Waals surface area contributed by atoms with Crippen LogP contribution in [0.5, 0.6) is 5.88 Å². The van der Waals surface area contributed by atoms with E-state index in [0.29, 0.717) is 31.5 Å². The lowest BCUT2D eigenvalue weighted by Gasteiger charge is -2.28. The molecular weight excluding hydrogens is 366 g/mol. The van der Waals surface area contributed by atoms with E-state index in [4.69, 9.17) is 4.74 Å². The molecule has 0 amide bonds. The summed E-state index contributed by atoms with van der Waals surface area (Å²) in [7, 11) is -1.81. The van der Waals surface area contributed by atoms with Crippen LogP contribution in [0, 0.1) is 25.2 Å². The fraction of sp³-hybridized carbons (Fsp3) is 0.611. The lowest BCUT2D eigenvalue weighted by Crippen LogP contribution is -2.35. The number of hydrogen-bond acceptors (Lipinski definition) is 6. The number of aryl methyl sites for hydroxylation is 2. The Labute approximate surface area is 159 Å². The summed E-state index contributed by atoms with van der Waals surface area (Å²) in [5.41, 5.74) is 1.68. The number of ether oxygens (including phenoxy) is 1. The van der Waals surface area contributed by atoms with Crippen molar-refractivity contribution in [3.05, 3.63) is 30.0 Å². The Morgan fingerprint density at radius 3 is 2.89 bits per heavy atom. The molecule has 4 rings (SSSR count). The maximum absolute atomic E-state index is 13.0. The second kappa shape index (κ2) is 6.56. The number of fused-ring (bicyclic) bond motifs is 1. The minimum Gasteiger partial charge on any atom is -0.477 e. The molecule has 2 fully saturated rings. The molecule has 2 aromatic heterocycles. The molecule has 1 saturated carbocycles. The highest BCUT2D eigenvalue weighted by molar-refractivity contribution is 7.89.